The van der Waals surface area contributed by atoms with Crippen molar-refractivity contribution >= 4 is 5.69 Å². The molecule has 0 saturated carbocycles. The molecule has 3 atom stereocenters. The van der Waals surface area contributed by atoms with Gasteiger partial charge in [0.1, 0.15) is 0 Å². The summed E-state index contributed by atoms with van der Waals surface area (Å²) in [6.07, 6.45) is 17.4. The van der Waals surface area contributed by atoms with E-state index in [9.17, 15) is 0 Å². The van der Waals surface area contributed by atoms with Crippen LogP contribution in [-0.4, -0.2) is 12.1 Å². The van der Waals surface area contributed by atoms with Crippen LogP contribution in [0.1, 0.15) is 37.3 Å². The molecule has 1 nitrogen and oxygen atoms in total. The van der Waals surface area contributed by atoms with Crippen molar-refractivity contribution < 1.29 is 0 Å². The number of rotatable bonds is 2. The Bertz CT molecular complexity index is 732. The molecule has 0 aromatic heterocycles. The van der Waals surface area contributed by atoms with E-state index in [1.807, 2.05) is 0 Å². The van der Waals surface area contributed by atoms with E-state index in [1.54, 1.807) is 0 Å². The Morgan fingerprint density at radius 1 is 1.13 bits per heavy atom. The highest BCUT2D eigenvalue weighted by Crippen LogP contribution is 2.47. The van der Waals surface area contributed by atoms with Gasteiger partial charge in [0.2, 0.25) is 0 Å². The van der Waals surface area contributed by atoms with Crippen molar-refractivity contribution in [3.63, 3.8) is 0 Å². The molecular formula is C22H25N. The van der Waals surface area contributed by atoms with E-state index in [1.165, 1.54) is 22.4 Å². The molecule has 0 bridgehead atoms. The molecule has 1 aromatic carbocycles. The third-order valence-corrected chi connectivity index (χ3v) is 5.33. The fourth-order valence-corrected chi connectivity index (χ4v) is 4.26. The average Bonchev–Trinajstić information content (AvgIpc) is 2.89. The first kappa shape index (κ1) is 14.6. The van der Waals surface area contributed by atoms with Crippen LogP contribution in [0, 0.1) is 12.8 Å². The normalized spacial score (nSPS) is 28.1. The van der Waals surface area contributed by atoms with E-state index >= 15 is 0 Å². The minimum absolute atomic E-state index is 0.471. The summed E-state index contributed by atoms with van der Waals surface area (Å²) in [7, 11) is 0. The predicted octanol–water partition coefficient (Wildman–Crippen LogP) is 5.30. The zero-order valence-corrected chi connectivity index (χ0v) is 14.2. The van der Waals surface area contributed by atoms with Crippen molar-refractivity contribution in [2.24, 2.45) is 5.92 Å². The number of aryl methyl sites for hydroxylation is 1. The molecule has 1 heteroatoms. The second-order valence-electron chi connectivity index (χ2n) is 7.26. The summed E-state index contributed by atoms with van der Waals surface area (Å²) in [5.41, 5.74) is 5.76. The predicted molar refractivity (Wildman–Crippen MR) is 98.9 cm³/mol. The maximum Gasteiger partial charge on any atom is 0.0583 e. The topological polar surface area (TPSA) is 3.24 Å². The number of allylic oxidation sites excluding steroid dienone is 6. The highest BCUT2D eigenvalue weighted by Gasteiger charge is 2.38. The maximum absolute atomic E-state index is 2.58. The zero-order chi connectivity index (χ0) is 16.0. The van der Waals surface area contributed by atoms with Crippen molar-refractivity contribution in [3.05, 3.63) is 77.4 Å². The standard InChI is InChI=1S/C22H25N/c1-15(2)23-21-11-9-16(3)13-19(21)20-14-18(10-12-22(20)23)17-7-5-4-6-8-17/h4-7,9-15,17,20,22H,8H2,1-3H3. The van der Waals surface area contributed by atoms with E-state index in [-0.39, 0.29) is 0 Å². The Morgan fingerprint density at radius 3 is 2.74 bits per heavy atom. The van der Waals surface area contributed by atoms with Crippen LogP contribution < -0.4 is 4.90 Å². The van der Waals surface area contributed by atoms with Crippen LogP contribution in [0.5, 0.6) is 0 Å². The third-order valence-electron chi connectivity index (χ3n) is 5.33. The number of nitrogens with zero attached hydrogens (tertiary/aromatic N) is 1. The molecule has 3 unspecified atom stereocenters. The lowest BCUT2D eigenvalue weighted by molar-refractivity contribution is 0.602. The van der Waals surface area contributed by atoms with Crippen LogP contribution in [-0.2, 0) is 0 Å². The molecule has 3 aliphatic rings. The van der Waals surface area contributed by atoms with Crippen molar-refractivity contribution in [1.29, 1.82) is 0 Å². The number of hydrogen-bond donors (Lipinski definition) is 0. The van der Waals surface area contributed by atoms with Gasteiger partial charge in [-0.1, -0.05) is 60.2 Å². The zero-order valence-electron chi connectivity index (χ0n) is 14.2. The van der Waals surface area contributed by atoms with Crippen molar-refractivity contribution in [2.75, 3.05) is 4.90 Å². The molecule has 23 heavy (non-hydrogen) atoms. The first-order valence-electron chi connectivity index (χ1n) is 8.77. The number of fused-ring (bicyclic) bond motifs is 3. The third kappa shape index (κ3) is 2.39. The van der Waals surface area contributed by atoms with Gasteiger partial charge >= 0.3 is 0 Å². The van der Waals surface area contributed by atoms with E-state index in [4.69, 9.17) is 0 Å². The van der Waals surface area contributed by atoms with Crippen LogP contribution in [0.4, 0.5) is 5.69 Å². The van der Waals surface area contributed by atoms with Gasteiger partial charge in [0.05, 0.1) is 6.04 Å². The van der Waals surface area contributed by atoms with Crippen LogP contribution in [0.15, 0.2) is 66.3 Å². The fraction of sp³-hybridized carbons (Fsp3) is 0.364. The molecule has 118 valence electrons. The van der Waals surface area contributed by atoms with Crippen LogP contribution in [0.25, 0.3) is 0 Å². The Balaban J connectivity index is 1.75. The summed E-state index contributed by atoms with van der Waals surface area (Å²) in [6, 6.07) is 7.93. The molecular weight excluding hydrogens is 278 g/mol. The Kier molecular flexibility index (Phi) is 3.52. The van der Waals surface area contributed by atoms with Gasteiger partial charge in [-0.3, -0.25) is 0 Å². The average molecular weight is 303 g/mol. The molecule has 0 N–H and O–H groups in total. The van der Waals surface area contributed by atoms with Crippen LogP contribution >= 0.6 is 0 Å². The lowest BCUT2D eigenvalue weighted by Gasteiger charge is -2.33. The largest absolute Gasteiger partial charge is 0.361 e. The minimum atomic E-state index is 0.471. The van der Waals surface area contributed by atoms with E-state index in [0.29, 0.717) is 23.9 Å². The summed E-state index contributed by atoms with van der Waals surface area (Å²) >= 11 is 0. The first-order chi connectivity index (χ1) is 11.1. The second kappa shape index (κ2) is 5.56. The Morgan fingerprint density at radius 2 is 2.00 bits per heavy atom. The van der Waals surface area contributed by atoms with Crippen LogP contribution in [0.3, 0.4) is 0 Å². The summed E-state index contributed by atoms with van der Waals surface area (Å²) in [6.45, 7) is 6.80. The molecule has 1 aliphatic heterocycles. The van der Waals surface area contributed by atoms with E-state index < -0.39 is 0 Å². The highest BCUT2D eigenvalue weighted by atomic mass is 15.2. The van der Waals surface area contributed by atoms with Crippen molar-refractivity contribution in [1.82, 2.24) is 0 Å². The Hall–Kier alpha value is -2.02. The quantitative estimate of drug-likeness (QED) is 0.716. The molecule has 4 rings (SSSR count). The second-order valence-corrected chi connectivity index (χ2v) is 7.26. The number of hydrogen-bond acceptors (Lipinski definition) is 1. The van der Waals surface area contributed by atoms with Gasteiger partial charge in [0.25, 0.3) is 0 Å². The molecule has 2 aliphatic carbocycles. The van der Waals surface area contributed by atoms with Gasteiger partial charge in [-0.15, -0.1) is 0 Å². The molecule has 0 fully saturated rings. The minimum Gasteiger partial charge on any atom is -0.361 e. The van der Waals surface area contributed by atoms with Gasteiger partial charge in [-0.05, 0) is 44.4 Å². The Labute approximate surface area is 139 Å². The van der Waals surface area contributed by atoms with E-state index in [0.717, 1.165) is 6.42 Å². The van der Waals surface area contributed by atoms with Crippen molar-refractivity contribution in [2.45, 2.75) is 45.2 Å². The van der Waals surface area contributed by atoms with E-state index in [2.05, 4.69) is 86.4 Å². The van der Waals surface area contributed by atoms with Crippen molar-refractivity contribution in [3.8, 4) is 0 Å². The van der Waals surface area contributed by atoms with Gasteiger partial charge < -0.3 is 4.90 Å². The summed E-state index contributed by atoms with van der Waals surface area (Å²) in [4.78, 5) is 2.58. The smallest absolute Gasteiger partial charge is 0.0583 e. The molecule has 0 saturated heterocycles. The van der Waals surface area contributed by atoms with Gasteiger partial charge in [-0.2, -0.15) is 0 Å². The maximum atomic E-state index is 2.58. The molecule has 0 radical (unpaired) electrons. The molecule has 0 spiro atoms. The fourth-order valence-electron chi connectivity index (χ4n) is 4.26. The lowest BCUT2D eigenvalue weighted by Crippen LogP contribution is -2.38. The van der Waals surface area contributed by atoms with Crippen LogP contribution in [0.2, 0.25) is 0 Å². The lowest BCUT2D eigenvalue weighted by atomic mass is 9.82. The number of anilines is 1. The molecule has 0 amide bonds. The SMILES string of the molecule is Cc1ccc2c(c1)C1C=C(C3C=CC=CC3)C=CC1N2C(C)C. The summed E-state index contributed by atoms with van der Waals surface area (Å²) < 4.78 is 0. The summed E-state index contributed by atoms with van der Waals surface area (Å²) in [5, 5.41) is 0. The monoisotopic (exact) mass is 303 g/mol. The highest BCUT2D eigenvalue weighted by molar-refractivity contribution is 5.67. The van der Waals surface area contributed by atoms with Gasteiger partial charge in [-0.25, -0.2) is 0 Å². The first-order valence-corrected chi connectivity index (χ1v) is 8.77. The van der Waals surface area contributed by atoms with Gasteiger partial charge in [0.15, 0.2) is 0 Å². The molecule has 1 aromatic rings. The van der Waals surface area contributed by atoms with Gasteiger partial charge in [0, 0.05) is 23.6 Å². The summed E-state index contributed by atoms with van der Waals surface area (Å²) in [5.74, 6) is 1.03. The molecule has 1 heterocycles. The number of benzene rings is 1.